The quantitative estimate of drug-likeness (QED) is 0.632. The summed E-state index contributed by atoms with van der Waals surface area (Å²) < 4.78 is 0. The molecule has 1 fully saturated rings. The Labute approximate surface area is 192 Å². The summed E-state index contributed by atoms with van der Waals surface area (Å²) in [6.07, 6.45) is 1.67. The van der Waals surface area contributed by atoms with Crippen molar-refractivity contribution in [3.63, 3.8) is 0 Å². The topological polar surface area (TPSA) is 113 Å². The van der Waals surface area contributed by atoms with Crippen molar-refractivity contribution < 1.29 is 19.2 Å². The summed E-state index contributed by atoms with van der Waals surface area (Å²) in [5, 5.41) is 2.87. The van der Waals surface area contributed by atoms with Crippen LogP contribution in [0.5, 0.6) is 0 Å². The summed E-state index contributed by atoms with van der Waals surface area (Å²) in [5.74, 6) is -1.93. The van der Waals surface area contributed by atoms with Crippen molar-refractivity contribution in [3.8, 4) is 0 Å². The number of carbonyl (C=O) groups excluding carboxylic acids is 4. The van der Waals surface area contributed by atoms with E-state index >= 15 is 0 Å². The number of hydrogen-bond donors (Lipinski definition) is 2. The van der Waals surface area contributed by atoms with Crippen molar-refractivity contribution in [2.75, 3.05) is 11.9 Å². The Morgan fingerprint density at radius 2 is 1.73 bits per heavy atom. The Balaban J connectivity index is 1.51. The maximum absolute atomic E-state index is 13.3. The Morgan fingerprint density at radius 3 is 2.33 bits per heavy atom. The van der Waals surface area contributed by atoms with E-state index in [1.54, 1.807) is 30.3 Å². The summed E-state index contributed by atoms with van der Waals surface area (Å²) >= 11 is 0. The van der Waals surface area contributed by atoms with Crippen LogP contribution in [-0.2, 0) is 16.1 Å². The number of fused-ring (bicyclic) bond motifs is 1. The number of hydrogen-bond acceptors (Lipinski definition) is 5. The van der Waals surface area contributed by atoms with Gasteiger partial charge in [0.15, 0.2) is 0 Å². The van der Waals surface area contributed by atoms with Gasteiger partial charge in [-0.2, -0.15) is 0 Å². The third-order valence-electron chi connectivity index (χ3n) is 6.28. The molecule has 2 unspecified atom stereocenters. The molecule has 0 spiro atoms. The first-order chi connectivity index (χ1) is 15.8. The summed E-state index contributed by atoms with van der Waals surface area (Å²) in [6, 6.07) is 12.7. The molecule has 8 heteroatoms. The van der Waals surface area contributed by atoms with E-state index in [-0.39, 0.29) is 17.9 Å². The van der Waals surface area contributed by atoms with E-state index in [2.05, 4.69) is 5.32 Å². The van der Waals surface area contributed by atoms with Crippen LogP contribution in [-0.4, -0.2) is 52.1 Å². The molecule has 172 valence electrons. The highest BCUT2D eigenvalue weighted by Crippen LogP contribution is 2.28. The first-order valence-electron chi connectivity index (χ1n) is 11.2. The van der Waals surface area contributed by atoms with Crippen molar-refractivity contribution in [1.82, 2.24) is 9.80 Å². The van der Waals surface area contributed by atoms with Gasteiger partial charge in [-0.1, -0.05) is 38.1 Å². The molecule has 2 aromatic carbocycles. The van der Waals surface area contributed by atoms with E-state index in [0.717, 1.165) is 29.8 Å². The minimum absolute atomic E-state index is 0.276. The lowest BCUT2D eigenvalue weighted by atomic mass is 10.0. The highest BCUT2D eigenvalue weighted by Gasteiger charge is 2.43. The predicted molar refractivity (Wildman–Crippen MR) is 123 cm³/mol. The fraction of sp³-hybridized carbons (Fsp3) is 0.360. The molecular weight excluding hydrogens is 420 g/mol. The Bertz CT molecular complexity index is 1080. The van der Waals surface area contributed by atoms with Crippen LogP contribution in [0.3, 0.4) is 0 Å². The van der Waals surface area contributed by atoms with E-state index < -0.39 is 23.8 Å². The van der Waals surface area contributed by atoms with Gasteiger partial charge in [-0.05, 0) is 55.1 Å². The van der Waals surface area contributed by atoms with Gasteiger partial charge in [0.05, 0.1) is 17.2 Å². The van der Waals surface area contributed by atoms with Gasteiger partial charge in [0, 0.05) is 12.2 Å². The average molecular weight is 449 g/mol. The number of carbonyl (C=O) groups is 4. The smallest absolute Gasteiger partial charge is 0.262 e. The number of amides is 4. The molecule has 0 bridgehead atoms. The lowest BCUT2D eigenvalue weighted by Gasteiger charge is -2.28. The van der Waals surface area contributed by atoms with Crippen molar-refractivity contribution in [3.05, 3.63) is 65.2 Å². The molecule has 2 heterocycles. The minimum Gasteiger partial charge on any atom is -0.368 e. The first-order valence-corrected chi connectivity index (χ1v) is 11.2. The molecule has 0 saturated carbocycles. The lowest BCUT2D eigenvalue weighted by molar-refractivity contribution is -0.122. The van der Waals surface area contributed by atoms with Gasteiger partial charge in [0.2, 0.25) is 11.8 Å². The molecule has 33 heavy (non-hydrogen) atoms. The van der Waals surface area contributed by atoms with Crippen LogP contribution in [0.2, 0.25) is 0 Å². The van der Waals surface area contributed by atoms with Crippen LogP contribution < -0.4 is 11.1 Å². The minimum atomic E-state index is -0.945. The zero-order valence-corrected chi connectivity index (χ0v) is 18.8. The van der Waals surface area contributed by atoms with Crippen molar-refractivity contribution in [1.29, 1.82) is 0 Å². The maximum Gasteiger partial charge on any atom is 0.262 e. The molecule has 3 N–H and O–H groups in total. The fourth-order valence-electron chi connectivity index (χ4n) is 4.71. The Morgan fingerprint density at radius 1 is 1.06 bits per heavy atom. The van der Waals surface area contributed by atoms with Crippen LogP contribution in [0.25, 0.3) is 0 Å². The van der Waals surface area contributed by atoms with E-state index in [0.29, 0.717) is 23.4 Å². The standard InChI is InChI=1S/C25H28N4O4/c1-15(2)21(29-24(32)18-9-3-4-10-19(18)25(29)33)23(31)27-17-8-5-7-16(13-17)14-28-12-6-11-20(28)22(26)30/h3-5,7-10,13,15,20-21H,6,11-12,14H2,1-2H3,(H2,26,30)(H,27,31). The van der Waals surface area contributed by atoms with Crippen LogP contribution in [0.15, 0.2) is 48.5 Å². The molecule has 4 amide bonds. The van der Waals surface area contributed by atoms with E-state index in [1.807, 2.05) is 36.9 Å². The number of nitrogens with two attached hydrogens (primary N) is 1. The van der Waals surface area contributed by atoms with Crippen LogP contribution >= 0.6 is 0 Å². The molecule has 0 radical (unpaired) electrons. The molecule has 0 aromatic heterocycles. The SMILES string of the molecule is CC(C)C(C(=O)Nc1cccc(CN2CCCC2C(N)=O)c1)N1C(=O)c2ccccc2C1=O. The molecular formula is C25H28N4O4. The molecule has 2 aliphatic heterocycles. The third-order valence-corrected chi connectivity index (χ3v) is 6.28. The van der Waals surface area contributed by atoms with Gasteiger partial charge in [0.1, 0.15) is 6.04 Å². The maximum atomic E-state index is 13.3. The highest BCUT2D eigenvalue weighted by molar-refractivity contribution is 6.23. The van der Waals surface area contributed by atoms with Crippen LogP contribution in [0.1, 0.15) is 53.0 Å². The molecule has 2 atom stereocenters. The molecule has 1 saturated heterocycles. The summed E-state index contributed by atoms with van der Waals surface area (Å²) in [4.78, 5) is 53.9. The van der Waals surface area contributed by atoms with Crippen LogP contribution in [0.4, 0.5) is 5.69 Å². The zero-order chi connectivity index (χ0) is 23.7. The number of benzene rings is 2. The van der Waals surface area contributed by atoms with E-state index in [9.17, 15) is 19.2 Å². The predicted octanol–water partition coefficient (Wildman–Crippen LogP) is 2.40. The number of imide groups is 1. The fourth-order valence-corrected chi connectivity index (χ4v) is 4.71. The third kappa shape index (κ3) is 4.39. The number of nitrogens with zero attached hydrogens (tertiary/aromatic N) is 2. The number of primary amides is 1. The van der Waals surface area contributed by atoms with Gasteiger partial charge >= 0.3 is 0 Å². The number of anilines is 1. The molecule has 2 aromatic rings. The zero-order valence-electron chi connectivity index (χ0n) is 18.8. The van der Waals surface area contributed by atoms with Gasteiger partial charge < -0.3 is 11.1 Å². The Kier molecular flexibility index (Phi) is 6.29. The molecule has 4 rings (SSSR count). The average Bonchev–Trinajstić information content (AvgIpc) is 3.33. The van der Waals surface area contributed by atoms with Gasteiger partial charge in [-0.25, -0.2) is 0 Å². The summed E-state index contributed by atoms with van der Waals surface area (Å²) in [6.45, 7) is 4.95. The number of rotatable bonds is 7. The van der Waals surface area contributed by atoms with Gasteiger partial charge in [-0.3, -0.25) is 29.0 Å². The second-order valence-electron chi connectivity index (χ2n) is 8.94. The summed E-state index contributed by atoms with van der Waals surface area (Å²) in [5.41, 5.74) is 7.65. The largest absolute Gasteiger partial charge is 0.368 e. The molecule has 2 aliphatic rings. The highest BCUT2D eigenvalue weighted by atomic mass is 16.2. The van der Waals surface area contributed by atoms with E-state index in [1.165, 1.54) is 0 Å². The van der Waals surface area contributed by atoms with Crippen LogP contribution in [0, 0.1) is 5.92 Å². The van der Waals surface area contributed by atoms with Gasteiger partial charge in [0.25, 0.3) is 11.8 Å². The Hall–Kier alpha value is -3.52. The number of likely N-dealkylation sites (tertiary alicyclic amines) is 1. The van der Waals surface area contributed by atoms with Crippen molar-refractivity contribution in [2.45, 2.75) is 45.3 Å². The van der Waals surface area contributed by atoms with Crippen molar-refractivity contribution >= 4 is 29.3 Å². The second kappa shape index (κ2) is 9.15. The van der Waals surface area contributed by atoms with Gasteiger partial charge in [-0.15, -0.1) is 0 Å². The second-order valence-corrected chi connectivity index (χ2v) is 8.94. The molecule has 0 aliphatic carbocycles. The van der Waals surface area contributed by atoms with Crippen molar-refractivity contribution in [2.24, 2.45) is 11.7 Å². The van der Waals surface area contributed by atoms with E-state index in [4.69, 9.17) is 5.73 Å². The first kappa shape index (κ1) is 22.7. The molecule has 8 nitrogen and oxygen atoms in total. The monoisotopic (exact) mass is 448 g/mol. The normalized spacial score (nSPS) is 19.1. The summed E-state index contributed by atoms with van der Waals surface area (Å²) in [7, 11) is 0. The lowest BCUT2D eigenvalue weighted by Crippen LogP contribution is -2.50. The number of nitrogens with one attached hydrogen (secondary N) is 1.